The van der Waals surface area contributed by atoms with Crippen LogP contribution in [0.15, 0.2) is 30.5 Å². The maximum absolute atomic E-state index is 14.3. The molecule has 1 aromatic carbocycles. The van der Waals surface area contributed by atoms with Crippen LogP contribution in [0.25, 0.3) is 5.57 Å². The maximum Gasteiger partial charge on any atom is 0.415 e. The van der Waals surface area contributed by atoms with Crippen molar-refractivity contribution in [3.8, 4) is 0 Å². The van der Waals surface area contributed by atoms with Gasteiger partial charge in [-0.3, -0.25) is 4.90 Å². The molecular formula is C15H11F2NO5. The van der Waals surface area contributed by atoms with Gasteiger partial charge in [-0.25, -0.2) is 18.4 Å². The van der Waals surface area contributed by atoms with Crippen molar-refractivity contribution in [2.75, 3.05) is 18.1 Å². The first-order valence-electron chi connectivity index (χ1n) is 6.66. The van der Waals surface area contributed by atoms with E-state index in [1.807, 2.05) is 0 Å². The number of carboxylic acids is 1. The Balaban J connectivity index is 1.94. The Kier molecular flexibility index (Phi) is 3.73. The Hall–Kier alpha value is -2.90. The normalized spacial score (nSPS) is 20.1. The average molecular weight is 323 g/mol. The summed E-state index contributed by atoms with van der Waals surface area (Å²) >= 11 is 0. The van der Waals surface area contributed by atoms with Gasteiger partial charge in [0.05, 0.1) is 24.1 Å². The first-order chi connectivity index (χ1) is 11.0. The number of benzene rings is 1. The van der Waals surface area contributed by atoms with Crippen LogP contribution in [0.1, 0.15) is 5.56 Å². The number of hydrogen-bond acceptors (Lipinski definition) is 4. The molecule has 3 rings (SSSR count). The van der Waals surface area contributed by atoms with Crippen molar-refractivity contribution in [1.82, 2.24) is 0 Å². The molecule has 0 spiro atoms. The largest absolute Gasteiger partial charge is 0.497 e. The zero-order chi connectivity index (χ0) is 16.6. The van der Waals surface area contributed by atoms with E-state index >= 15 is 0 Å². The van der Waals surface area contributed by atoms with Gasteiger partial charge in [-0.15, -0.1) is 0 Å². The van der Waals surface area contributed by atoms with Gasteiger partial charge in [0.1, 0.15) is 18.2 Å². The van der Waals surface area contributed by atoms with Gasteiger partial charge in [-0.2, -0.15) is 0 Å². The van der Waals surface area contributed by atoms with Crippen molar-refractivity contribution in [3.05, 3.63) is 47.7 Å². The predicted molar refractivity (Wildman–Crippen MR) is 74.7 cm³/mol. The lowest BCUT2D eigenvalue weighted by molar-refractivity contribution is -0.144. The van der Waals surface area contributed by atoms with Crippen LogP contribution in [0.4, 0.5) is 19.3 Å². The number of allylic oxidation sites excluding steroid dienone is 2. The molecule has 2 aliphatic rings. The number of carboxylic acid groups (broad SMARTS) is 1. The third-order valence-electron chi connectivity index (χ3n) is 3.46. The van der Waals surface area contributed by atoms with Gasteiger partial charge < -0.3 is 14.6 Å². The minimum atomic E-state index is -1.37. The van der Waals surface area contributed by atoms with E-state index in [1.165, 1.54) is 18.4 Å². The van der Waals surface area contributed by atoms with Gasteiger partial charge in [0.25, 0.3) is 0 Å². The summed E-state index contributed by atoms with van der Waals surface area (Å²) in [5.74, 6) is -3.07. The van der Waals surface area contributed by atoms with Gasteiger partial charge in [0, 0.05) is 0 Å². The Labute approximate surface area is 129 Å². The monoisotopic (exact) mass is 323 g/mol. The van der Waals surface area contributed by atoms with Gasteiger partial charge in [0.2, 0.25) is 6.10 Å². The fourth-order valence-electron chi connectivity index (χ4n) is 2.36. The predicted octanol–water partition coefficient (Wildman–Crippen LogP) is 2.30. The maximum atomic E-state index is 14.3. The number of nitrogens with zero attached hydrogens (tertiary/aromatic N) is 1. The standard InChI is InChI=1S/C15H11F2NO5/c16-10-5-9(18-7-12(14(19)20)23-15(18)21)6-11(17)13(10)8-1-3-22-4-2-8/h1-3,5-6,12H,4,7H2,(H,19,20). The number of carbonyl (C=O) groups is 2. The molecule has 1 N–H and O–H groups in total. The zero-order valence-electron chi connectivity index (χ0n) is 11.7. The zero-order valence-corrected chi connectivity index (χ0v) is 11.7. The molecule has 1 unspecified atom stereocenters. The number of rotatable bonds is 3. The van der Waals surface area contributed by atoms with Gasteiger partial charge in [-0.05, 0) is 29.9 Å². The van der Waals surface area contributed by atoms with Crippen LogP contribution in [0, 0.1) is 11.6 Å². The van der Waals surface area contributed by atoms with Gasteiger partial charge >= 0.3 is 12.1 Å². The Bertz CT molecular complexity index is 720. The first kappa shape index (κ1) is 15.0. The van der Waals surface area contributed by atoms with E-state index in [0.717, 1.165) is 17.0 Å². The highest BCUT2D eigenvalue weighted by Gasteiger charge is 2.37. The molecule has 0 aromatic heterocycles. The van der Waals surface area contributed by atoms with E-state index < -0.39 is 29.8 Å². The molecule has 0 radical (unpaired) electrons. The molecule has 1 saturated heterocycles. The summed E-state index contributed by atoms with van der Waals surface area (Å²) in [5.41, 5.74) is -0.0185. The van der Waals surface area contributed by atoms with Crippen LogP contribution in [0.2, 0.25) is 0 Å². The lowest BCUT2D eigenvalue weighted by atomic mass is 10.0. The smallest absolute Gasteiger partial charge is 0.415 e. The molecule has 8 heteroatoms. The summed E-state index contributed by atoms with van der Waals surface area (Å²) in [6.07, 6.45) is 1.95. The lowest BCUT2D eigenvalue weighted by Crippen LogP contribution is -2.27. The SMILES string of the molecule is O=C(O)C1CN(c2cc(F)c(C3=CCOC=C3)c(F)c2)C(=O)O1. The van der Waals surface area contributed by atoms with E-state index in [4.69, 9.17) is 9.84 Å². The first-order valence-corrected chi connectivity index (χ1v) is 6.66. The van der Waals surface area contributed by atoms with Crippen molar-refractivity contribution in [1.29, 1.82) is 0 Å². The summed E-state index contributed by atoms with van der Waals surface area (Å²) in [6, 6.07) is 1.93. The molecule has 0 aliphatic carbocycles. The number of halogens is 2. The number of hydrogen-bond donors (Lipinski definition) is 1. The fraction of sp³-hybridized carbons (Fsp3) is 0.200. The summed E-state index contributed by atoms with van der Waals surface area (Å²) in [5, 5.41) is 8.84. The molecule has 0 bridgehead atoms. The molecule has 2 heterocycles. The molecule has 0 saturated carbocycles. The number of anilines is 1. The Morgan fingerprint density at radius 2 is 2.00 bits per heavy atom. The van der Waals surface area contributed by atoms with Crippen molar-refractivity contribution >= 4 is 23.3 Å². The minimum absolute atomic E-state index is 0.103. The Morgan fingerprint density at radius 1 is 1.30 bits per heavy atom. The van der Waals surface area contributed by atoms with Crippen molar-refractivity contribution in [2.45, 2.75) is 6.10 Å². The molecular weight excluding hydrogens is 312 g/mol. The molecule has 2 aliphatic heterocycles. The van der Waals surface area contributed by atoms with Crippen LogP contribution in [0.5, 0.6) is 0 Å². The summed E-state index contributed by atoms with van der Waals surface area (Å²) in [4.78, 5) is 23.4. The molecule has 1 fully saturated rings. The average Bonchev–Trinajstić information content (AvgIpc) is 2.90. The number of amides is 1. The third kappa shape index (κ3) is 2.75. The summed E-state index contributed by atoms with van der Waals surface area (Å²) in [6.45, 7) is -0.117. The molecule has 1 aromatic rings. The number of carbonyl (C=O) groups excluding carboxylic acids is 1. The Morgan fingerprint density at radius 3 is 2.52 bits per heavy atom. The van der Waals surface area contributed by atoms with E-state index in [2.05, 4.69) is 4.74 Å². The van der Waals surface area contributed by atoms with Crippen LogP contribution >= 0.6 is 0 Å². The summed E-state index contributed by atoms with van der Waals surface area (Å²) < 4.78 is 38.1. The van der Waals surface area contributed by atoms with E-state index in [9.17, 15) is 18.4 Å². The highest BCUT2D eigenvalue weighted by Crippen LogP contribution is 2.30. The van der Waals surface area contributed by atoms with E-state index in [1.54, 1.807) is 0 Å². The van der Waals surface area contributed by atoms with Crippen LogP contribution in [0.3, 0.4) is 0 Å². The molecule has 23 heavy (non-hydrogen) atoms. The second kappa shape index (κ2) is 5.71. The minimum Gasteiger partial charge on any atom is -0.497 e. The fourth-order valence-corrected chi connectivity index (χ4v) is 2.36. The van der Waals surface area contributed by atoms with Gasteiger partial charge in [0.15, 0.2) is 0 Å². The number of cyclic esters (lactones) is 1. The molecule has 1 amide bonds. The van der Waals surface area contributed by atoms with Crippen molar-refractivity contribution in [3.63, 3.8) is 0 Å². The van der Waals surface area contributed by atoms with Crippen LogP contribution < -0.4 is 4.90 Å². The third-order valence-corrected chi connectivity index (χ3v) is 3.46. The second-order valence-electron chi connectivity index (χ2n) is 4.90. The quantitative estimate of drug-likeness (QED) is 0.924. The number of ether oxygens (including phenoxy) is 2. The highest BCUT2D eigenvalue weighted by molar-refractivity contribution is 5.94. The highest BCUT2D eigenvalue weighted by atomic mass is 19.1. The molecule has 1 atom stereocenters. The van der Waals surface area contributed by atoms with Crippen LogP contribution in [-0.2, 0) is 14.3 Å². The van der Waals surface area contributed by atoms with E-state index in [-0.39, 0.29) is 24.4 Å². The second-order valence-corrected chi connectivity index (χ2v) is 4.90. The number of aliphatic carboxylic acids is 1. The summed E-state index contributed by atoms with van der Waals surface area (Å²) in [7, 11) is 0. The van der Waals surface area contributed by atoms with Crippen molar-refractivity contribution in [2.24, 2.45) is 0 Å². The van der Waals surface area contributed by atoms with Gasteiger partial charge in [-0.1, -0.05) is 0 Å². The van der Waals surface area contributed by atoms with E-state index in [0.29, 0.717) is 5.57 Å². The molecule has 6 nitrogen and oxygen atoms in total. The topological polar surface area (TPSA) is 76.1 Å². The molecule has 120 valence electrons. The van der Waals surface area contributed by atoms with Crippen molar-refractivity contribution < 1.29 is 33.0 Å². The van der Waals surface area contributed by atoms with Crippen LogP contribution in [-0.4, -0.2) is 36.4 Å². The lowest BCUT2D eigenvalue weighted by Gasteiger charge is -2.16.